The van der Waals surface area contributed by atoms with Gasteiger partial charge in [-0.25, -0.2) is 13.6 Å². The SMILES string of the molecule is CC(Nc1c(F)cc(C(=O)O)cc1F)c1ccc(Br)cc1. The Morgan fingerprint density at radius 3 is 2.19 bits per heavy atom. The van der Waals surface area contributed by atoms with Gasteiger partial charge in [-0.3, -0.25) is 0 Å². The summed E-state index contributed by atoms with van der Waals surface area (Å²) in [5.41, 5.74) is 0.0848. The maximum Gasteiger partial charge on any atom is 0.335 e. The van der Waals surface area contributed by atoms with Crippen LogP contribution >= 0.6 is 15.9 Å². The van der Waals surface area contributed by atoms with Crippen LogP contribution in [0.3, 0.4) is 0 Å². The van der Waals surface area contributed by atoms with Gasteiger partial charge in [0.15, 0.2) is 0 Å². The summed E-state index contributed by atoms with van der Waals surface area (Å²) in [7, 11) is 0. The van der Waals surface area contributed by atoms with Gasteiger partial charge in [0.2, 0.25) is 0 Å². The van der Waals surface area contributed by atoms with Gasteiger partial charge in [0, 0.05) is 10.5 Å². The zero-order valence-electron chi connectivity index (χ0n) is 11.0. The summed E-state index contributed by atoms with van der Waals surface area (Å²) < 4.78 is 28.6. The van der Waals surface area contributed by atoms with Gasteiger partial charge in [0.1, 0.15) is 17.3 Å². The first kappa shape index (κ1) is 15.4. The topological polar surface area (TPSA) is 49.3 Å². The van der Waals surface area contributed by atoms with Gasteiger partial charge in [0.25, 0.3) is 0 Å². The minimum atomic E-state index is -1.37. The number of carboxylic acids is 1. The molecule has 0 fully saturated rings. The molecule has 0 aromatic heterocycles. The van der Waals surface area contributed by atoms with E-state index in [1.165, 1.54) is 0 Å². The fraction of sp³-hybridized carbons (Fsp3) is 0.133. The number of hydrogen-bond donors (Lipinski definition) is 2. The normalized spacial score (nSPS) is 12.0. The lowest BCUT2D eigenvalue weighted by molar-refractivity contribution is 0.0696. The van der Waals surface area contributed by atoms with Crippen molar-refractivity contribution in [1.29, 1.82) is 0 Å². The van der Waals surface area contributed by atoms with Crippen LogP contribution in [0.5, 0.6) is 0 Å². The van der Waals surface area contributed by atoms with E-state index >= 15 is 0 Å². The molecule has 110 valence electrons. The van der Waals surface area contributed by atoms with Gasteiger partial charge in [0.05, 0.1) is 5.56 Å². The van der Waals surface area contributed by atoms with Crippen molar-refractivity contribution in [3.05, 3.63) is 63.6 Å². The molecule has 2 aromatic rings. The lowest BCUT2D eigenvalue weighted by atomic mass is 10.1. The van der Waals surface area contributed by atoms with E-state index in [-0.39, 0.29) is 11.7 Å². The third kappa shape index (κ3) is 3.58. The first-order valence-corrected chi connectivity index (χ1v) is 6.92. The number of anilines is 1. The second kappa shape index (κ2) is 6.22. The van der Waals surface area contributed by atoms with E-state index in [0.717, 1.165) is 22.2 Å². The Balaban J connectivity index is 2.27. The predicted octanol–water partition coefficient (Wildman–Crippen LogP) is 4.60. The van der Waals surface area contributed by atoms with Crippen molar-refractivity contribution < 1.29 is 18.7 Å². The molecule has 0 bridgehead atoms. The van der Waals surface area contributed by atoms with Gasteiger partial charge in [-0.2, -0.15) is 0 Å². The number of hydrogen-bond acceptors (Lipinski definition) is 2. The van der Waals surface area contributed by atoms with E-state index < -0.39 is 23.2 Å². The van der Waals surface area contributed by atoms with Crippen LogP contribution in [0.2, 0.25) is 0 Å². The lowest BCUT2D eigenvalue weighted by Gasteiger charge is -2.17. The smallest absolute Gasteiger partial charge is 0.335 e. The monoisotopic (exact) mass is 355 g/mol. The molecule has 0 aliphatic heterocycles. The molecule has 2 N–H and O–H groups in total. The summed E-state index contributed by atoms with van der Waals surface area (Å²) in [4.78, 5) is 10.7. The number of benzene rings is 2. The van der Waals surface area contributed by atoms with E-state index in [9.17, 15) is 13.6 Å². The number of aromatic carboxylic acids is 1. The van der Waals surface area contributed by atoms with Gasteiger partial charge < -0.3 is 10.4 Å². The van der Waals surface area contributed by atoms with E-state index in [2.05, 4.69) is 21.2 Å². The van der Waals surface area contributed by atoms with E-state index in [1.54, 1.807) is 6.92 Å². The lowest BCUT2D eigenvalue weighted by Crippen LogP contribution is -2.11. The average Bonchev–Trinajstić information content (AvgIpc) is 2.43. The summed E-state index contributed by atoms with van der Waals surface area (Å²) >= 11 is 3.31. The minimum absolute atomic E-state index is 0.335. The maximum atomic E-state index is 13.8. The molecule has 3 nitrogen and oxygen atoms in total. The molecule has 0 spiro atoms. The maximum absolute atomic E-state index is 13.8. The van der Waals surface area contributed by atoms with Crippen molar-refractivity contribution >= 4 is 27.6 Å². The zero-order valence-corrected chi connectivity index (χ0v) is 12.6. The molecule has 1 unspecified atom stereocenters. The molecule has 6 heteroatoms. The molecule has 0 saturated heterocycles. The van der Waals surface area contributed by atoms with Crippen LogP contribution in [0.15, 0.2) is 40.9 Å². The predicted molar refractivity (Wildman–Crippen MR) is 79.5 cm³/mol. The molecule has 1 atom stereocenters. The fourth-order valence-corrected chi connectivity index (χ4v) is 2.15. The van der Waals surface area contributed by atoms with Gasteiger partial charge in [-0.1, -0.05) is 28.1 Å². The van der Waals surface area contributed by atoms with Crippen LogP contribution < -0.4 is 5.32 Å². The standard InChI is InChI=1S/C15H12BrF2NO2/c1-8(9-2-4-11(16)5-3-9)19-14-12(17)6-10(15(20)21)7-13(14)18/h2-8,19H,1H3,(H,20,21). The first-order chi connectivity index (χ1) is 9.88. The Bertz CT molecular complexity index is 651. The molecule has 0 aliphatic carbocycles. The molecule has 2 rings (SSSR count). The molecular formula is C15H12BrF2NO2. The molecular weight excluding hydrogens is 344 g/mol. The Kier molecular flexibility index (Phi) is 4.57. The highest BCUT2D eigenvalue weighted by Crippen LogP contribution is 2.26. The summed E-state index contributed by atoms with van der Waals surface area (Å²) in [6.07, 6.45) is 0. The average molecular weight is 356 g/mol. The molecule has 0 saturated carbocycles. The highest BCUT2D eigenvalue weighted by atomic mass is 79.9. The van der Waals surface area contributed by atoms with Crippen molar-refractivity contribution in [2.45, 2.75) is 13.0 Å². The summed E-state index contributed by atoms with van der Waals surface area (Å²) in [6, 6.07) is 8.55. The summed E-state index contributed by atoms with van der Waals surface area (Å²) in [5, 5.41) is 11.5. The highest BCUT2D eigenvalue weighted by Gasteiger charge is 2.16. The van der Waals surface area contributed by atoms with E-state index in [4.69, 9.17) is 5.11 Å². The number of nitrogens with one attached hydrogen (secondary N) is 1. The summed E-state index contributed by atoms with van der Waals surface area (Å²) in [6.45, 7) is 1.76. The van der Waals surface area contributed by atoms with Crippen molar-refractivity contribution in [1.82, 2.24) is 0 Å². The van der Waals surface area contributed by atoms with Gasteiger partial charge in [-0.05, 0) is 36.8 Å². The second-order valence-electron chi connectivity index (χ2n) is 4.54. The van der Waals surface area contributed by atoms with Crippen LogP contribution in [0.1, 0.15) is 28.9 Å². The number of rotatable bonds is 4. The van der Waals surface area contributed by atoms with Crippen LogP contribution in [0.4, 0.5) is 14.5 Å². The molecule has 0 amide bonds. The Morgan fingerprint density at radius 1 is 1.19 bits per heavy atom. The Morgan fingerprint density at radius 2 is 1.71 bits per heavy atom. The zero-order chi connectivity index (χ0) is 15.6. The van der Waals surface area contributed by atoms with E-state index in [1.807, 2.05) is 24.3 Å². The highest BCUT2D eigenvalue weighted by molar-refractivity contribution is 9.10. The third-order valence-corrected chi connectivity index (χ3v) is 3.55. The third-order valence-electron chi connectivity index (χ3n) is 3.02. The van der Waals surface area contributed by atoms with Crippen molar-refractivity contribution in [3.63, 3.8) is 0 Å². The molecule has 0 radical (unpaired) electrons. The number of carbonyl (C=O) groups is 1. The molecule has 21 heavy (non-hydrogen) atoms. The molecule has 2 aromatic carbocycles. The van der Waals surface area contributed by atoms with E-state index in [0.29, 0.717) is 0 Å². The number of halogens is 3. The Labute approximate surface area is 128 Å². The largest absolute Gasteiger partial charge is 0.478 e. The van der Waals surface area contributed by atoms with Gasteiger partial charge >= 0.3 is 5.97 Å². The quantitative estimate of drug-likeness (QED) is 0.842. The number of carboxylic acid groups (broad SMARTS) is 1. The molecule has 0 heterocycles. The molecule has 0 aliphatic rings. The minimum Gasteiger partial charge on any atom is -0.478 e. The Hall–Kier alpha value is -1.95. The van der Waals surface area contributed by atoms with Crippen molar-refractivity contribution in [2.75, 3.05) is 5.32 Å². The van der Waals surface area contributed by atoms with Crippen LogP contribution in [-0.4, -0.2) is 11.1 Å². The fourth-order valence-electron chi connectivity index (χ4n) is 1.89. The van der Waals surface area contributed by atoms with Gasteiger partial charge in [-0.15, -0.1) is 0 Å². The van der Waals surface area contributed by atoms with Crippen LogP contribution in [0.25, 0.3) is 0 Å². The van der Waals surface area contributed by atoms with Crippen LogP contribution in [-0.2, 0) is 0 Å². The van der Waals surface area contributed by atoms with Crippen molar-refractivity contribution in [2.24, 2.45) is 0 Å². The van der Waals surface area contributed by atoms with Crippen LogP contribution in [0, 0.1) is 11.6 Å². The second-order valence-corrected chi connectivity index (χ2v) is 5.45. The van der Waals surface area contributed by atoms with Crippen molar-refractivity contribution in [3.8, 4) is 0 Å². The first-order valence-electron chi connectivity index (χ1n) is 6.13. The summed E-state index contributed by atoms with van der Waals surface area (Å²) in [5.74, 6) is -3.24.